The van der Waals surface area contributed by atoms with Gasteiger partial charge in [-0.15, -0.1) is 0 Å². The van der Waals surface area contributed by atoms with Crippen LogP contribution in [0.3, 0.4) is 0 Å². The molecule has 0 saturated heterocycles. The topological polar surface area (TPSA) is 0 Å². The van der Waals surface area contributed by atoms with E-state index in [2.05, 4.69) is 0 Å². The van der Waals surface area contributed by atoms with Gasteiger partial charge in [0.15, 0.2) is 0 Å². The minimum Gasteiger partial charge on any atom is 0 e. The van der Waals surface area contributed by atoms with E-state index in [-0.39, 0.29) is 78.0 Å². The Labute approximate surface area is 77.0 Å². The maximum Gasteiger partial charge on any atom is 0 e. The minimum atomic E-state index is 0. The first-order chi connectivity index (χ1) is 0. The van der Waals surface area contributed by atoms with E-state index < -0.39 is 0 Å². The summed E-state index contributed by atoms with van der Waals surface area (Å²) in [4.78, 5) is 0. The number of hydrogen-bond donors (Lipinski definition) is 0. The van der Waals surface area contributed by atoms with Gasteiger partial charge in [-0.1, -0.05) is 0 Å². The molecule has 0 fully saturated rings. The molecule has 4 heteroatoms. The Morgan fingerprint density at radius 2 is 1.00 bits per heavy atom. The summed E-state index contributed by atoms with van der Waals surface area (Å²) in [6.07, 6.45) is 0. The first-order valence-electron chi connectivity index (χ1n) is 0. The summed E-state index contributed by atoms with van der Waals surface area (Å²) in [5.74, 6) is 0. The zero-order valence-corrected chi connectivity index (χ0v) is 7.93. The van der Waals surface area contributed by atoms with E-state index in [4.69, 9.17) is 0 Å². The standard InChI is InChI=1S/Al.Cr.Mn.Zr. The molecule has 4 heavy (non-hydrogen) atoms. The molecule has 0 aromatic heterocycles. The summed E-state index contributed by atoms with van der Waals surface area (Å²) in [5, 5.41) is 0. The van der Waals surface area contributed by atoms with Gasteiger partial charge in [0.2, 0.25) is 0 Å². The Balaban J connectivity index is 0. The van der Waals surface area contributed by atoms with Crippen molar-refractivity contribution < 1.29 is 60.6 Å². The summed E-state index contributed by atoms with van der Waals surface area (Å²) in [5.41, 5.74) is 0. The molecule has 0 aromatic rings. The minimum absolute atomic E-state index is 0. The zero-order chi connectivity index (χ0) is 0. The molecule has 0 N–H and O–H groups in total. The normalized spacial score (nSPS) is 0. The molecule has 0 atom stereocenters. The molecule has 4 radical (unpaired) electrons. The third-order valence-electron chi connectivity index (χ3n) is 0. The zero-order valence-electron chi connectivity index (χ0n) is 1.86. The van der Waals surface area contributed by atoms with Gasteiger partial charge in [0.25, 0.3) is 0 Å². The van der Waals surface area contributed by atoms with E-state index in [1.165, 1.54) is 0 Å². The SMILES string of the molecule is [Al].[Cr].[Mn].[Zr]. The molecule has 0 amide bonds. The molecule has 0 aliphatic rings. The van der Waals surface area contributed by atoms with Gasteiger partial charge in [0, 0.05) is 78.0 Å². The van der Waals surface area contributed by atoms with E-state index in [9.17, 15) is 0 Å². The smallest absolute Gasteiger partial charge is 0 e. The van der Waals surface area contributed by atoms with Crippen LogP contribution >= 0.6 is 0 Å². The second kappa shape index (κ2) is 17.9. The summed E-state index contributed by atoms with van der Waals surface area (Å²) in [7, 11) is 0. The van der Waals surface area contributed by atoms with Crippen molar-refractivity contribution in [2.24, 2.45) is 0 Å². The van der Waals surface area contributed by atoms with Crippen molar-refractivity contribution in [1.82, 2.24) is 0 Å². The molecule has 0 aromatic carbocycles. The van der Waals surface area contributed by atoms with Crippen molar-refractivity contribution in [3.05, 3.63) is 0 Å². The van der Waals surface area contributed by atoms with Crippen LogP contribution in [0.1, 0.15) is 0 Å². The van der Waals surface area contributed by atoms with Gasteiger partial charge < -0.3 is 0 Å². The van der Waals surface area contributed by atoms with Gasteiger partial charge in [-0.05, 0) is 0 Å². The van der Waals surface area contributed by atoms with Gasteiger partial charge in [-0.2, -0.15) is 0 Å². The fraction of sp³-hybridized carbons (Fsp3) is 0. The first kappa shape index (κ1) is 31.8. The first-order valence-corrected chi connectivity index (χ1v) is 0. The summed E-state index contributed by atoms with van der Waals surface area (Å²) < 4.78 is 0. The Kier molecular flexibility index (Phi) is 142. The van der Waals surface area contributed by atoms with Gasteiger partial charge >= 0.3 is 0 Å². The molecular weight excluding hydrogens is 225 g/mol. The van der Waals surface area contributed by atoms with Crippen molar-refractivity contribution >= 4 is 17.4 Å². The predicted octanol–water partition coefficient (Wildman–Crippen LogP) is -0.388. The summed E-state index contributed by atoms with van der Waals surface area (Å²) in [6.45, 7) is 0. The van der Waals surface area contributed by atoms with Gasteiger partial charge in [-0.25, -0.2) is 0 Å². The number of hydrogen-bond acceptors (Lipinski definition) is 0. The van der Waals surface area contributed by atoms with Gasteiger partial charge in [-0.3, -0.25) is 0 Å². The molecule has 0 aliphatic heterocycles. The van der Waals surface area contributed by atoms with Crippen molar-refractivity contribution in [2.45, 2.75) is 0 Å². The number of rotatable bonds is 0. The third-order valence-corrected chi connectivity index (χ3v) is 0. The molecule has 0 nitrogen and oxygen atoms in total. The van der Waals surface area contributed by atoms with Crippen LogP contribution in [0, 0.1) is 0 Å². The van der Waals surface area contributed by atoms with E-state index in [0.717, 1.165) is 0 Å². The third kappa shape index (κ3) is 8.82. The van der Waals surface area contributed by atoms with Crippen LogP contribution in [0.25, 0.3) is 0 Å². The molecular formula is AlCrMnZr. The van der Waals surface area contributed by atoms with Crippen molar-refractivity contribution in [3.8, 4) is 0 Å². The molecule has 0 aliphatic carbocycles. The molecule has 0 spiro atoms. The van der Waals surface area contributed by atoms with Crippen molar-refractivity contribution in [3.63, 3.8) is 0 Å². The van der Waals surface area contributed by atoms with Crippen molar-refractivity contribution in [2.75, 3.05) is 0 Å². The van der Waals surface area contributed by atoms with Crippen LogP contribution in [0.4, 0.5) is 0 Å². The van der Waals surface area contributed by atoms with E-state index in [1.807, 2.05) is 0 Å². The molecule has 0 saturated carbocycles. The van der Waals surface area contributed by atoms with Crippen LogP contribution in [0.15, 0.2) is 0 Å². The van der Waals surface area contributed by atoms with E-state index in [1.54, 1.807) is 0 Å². The quantitative estimate of drug-likeness (QED) is 0.493. The Morgan fingerprint density at radius 3 is 1.00 bits per heavy atom. The molecule has 0 rings (SSSR count). The van der Waals surface area contributed by atoms with Gasteiger partial charge in [0.05, 0.1) is 0 Å². The fourth-order valence-corrected chi connectivity index (χ4v) is 0. The maximum absolute atomic E-state index is 0. The molecule has 0 unspecified atom stereocenters. The predicted molar refractivity (Wildman–Crippen MR) is 5.75 cm³/mol. The average Bonchev–Trinajstić information content (AvgIpc) is 0. The fourth-order valence-electron chi connectivity index (χ4n) is 0. The second-order valence-corrected chi connectivity index (χ2v) is 0. The van der Waals surface area contributed by atoms with Crippen LogP contribution in [-0.4, -0.2) is 17.4 Å². The Morgan fingerprint density at radius 1 is 1.00 bits per heavy atom. The van der Waals surface area contributed by atoms with Gasteiger partial charge in [0.1, 0.15) is 0 Å². The molecule has 20 valence electrons. The maximum atomic E-state index is 0. The Bertz CT molecular complexity index is 8.00. The summed E-state index contributed by atoms with van der Waals surface area (Å²) in [6, 6.07) is 0. The van der Waals surface area contributed by atoms with Crippen LogP contribution in [-0.2, 0) is 60.6 Å². The van der Waals surface area contributed by atoms with Crippen LogP contribution < -0.4 is 0 Å². The van der Waals surface area contributed by atoms with E-state index >= 15 is 0 Å². The second-order valence-electron chi connectivity index (χ2n) is 0. The largest absolute Gasteiger partial charge is 0 e. The molecule has 0 bridgehead atoms. The molecule has 0 heterocycles. The summed E-state index contributed by atoms with van der Waals surface area (Å²) >= 11 is 0. The monoisotopic (exact) mass is 224 g/mol. The van der Waals surface area contributed by atoms with Crippen LogP contribution in [0.2, 0.25) is 0 Å². The van der Waals surface area contributed by atoms with E-state index in [0.29, 0.717) is 0 Å². The average molecular weight is 225 g/mol. The Hall–Kier alpha value is 2.47. The van der Waals surface area contributed by atoms with Crippen molar-refractivity contribution in [1.29, 1.82) is 0 Å². The van der Waals surface area contributed by atoms with Crippen LogP contribution in [0.5, 0.6) is 0 Å².